The van der Waals surface area contributed by atoms with Crippen LogP contribution in [0.4, 0.5) is 4.79 Å². The molecule has 0 bridgehead atoms. The molecule has 96 valence electrons. The molecule has 0 heterocycles. The summed E-state index contributed by atoms with van der Waals surface area (Å²) in [4.78, 5) is 11.4. The van der Waals surface area contributed by atoms with Crippen LogP contribution >= 0.6 is 0 Å². The number of rotatable bonds is 3. The van der Waals surface area contributed by atoms with Gasteiger partial charge in [0.15, 0.2) is 0 Å². The van der Waals surface area contributed by atoms with Gasteiger partial charge in [0.2, 0.25) is 0 Å². The molecule has 0 fully saturated rings. The zero-order chi connectivity index (χ0) is 13.0. The Morgan fingerprint density at radius 1 is 1.19 bits per heavy atom. The first-order valence-corrected chi connectivity index (χ1v) is 5.96. The molecular formula is C13H27NO2. The maximum atomic E-state index is 11.4. The fourth-order valence-electron chi connectivity index (χ4n) is 1.69. The van der Waals surface area contributed by atoms with Crippen molar-refractivity contribution in [2.45, 2.75) is 60.5 Å². The Morgan fingerprint density at radius 3 is 2.06 bits per heavy atom. The summed E-state index contributed by atoms with van der Waals surface area (Å²) in [5.41, 5.74) is -0.119. The van der Waals surface area contributed by atoms with Crippen LogP contribution in [0.1, 0.15) is 54.9 Å². The molecule has 3 heteroatoms. The maximum absolute atomic E-state index is 11.4. The Labute approximate surface area is 99.9 Å². The van der Waals surface area contributed by atoms with E-state index in [1.165, 1.54) is 0 Å². The predicted molar refractivity (Wildman–Crippen MR) is 67.5 cm³/mol. The van der Waals surface area contributed by atoms with E-state index in [1.807, 2.05) is 20.8 Å². The van der Waals surface area contributed by atoms with Crippen molar-refractivity contribution in [3.63, 3.8) is 0 Å². The summed E-state index contributed by atoms with van der Waals surface area (Å²) < 4.78 is 5.17. The van der Waals surface area contributed by atoms with Crippen LogP contribution in [0.2, 0.25) is 0 Å². The summed E-state index contributed by atoms with van der Waals surface area (Å²) >= 11 is 0. The van der Waals surface area contributed by atoms with Crippen LogP contribution in [0.3, 0.4) is 0 Å². The molecular weight excluding hydrogens is 202 g/mol. The summed E-state index contributed by atoms with van der Waals surface area (Å²) in [5.74, 6) is 0.465. The van der Waals surface area contributed by atoms with Gasteiger partial charge in [-0.2, -0.15) is 0 Å². The van der Waals surface area contributed by atoms with E-state index in [1.54, 1.807) is 0 Å². The van der Waals surface area contributed by atoms with Gasteiger partial charge < -0.3 is 10.1 Å². The largest absolute Gasteiger partial charge is 0.444 e. The van der Waals surface area contributed by atoms with Gasteiger partial charge in [-0.05, 0) is 38.5 Å². The van der Waals surface area contributed by atoms with Crippen LogP contribution in [-0.4, -0.2) is 18.2 Å². The molecule has 0 aromatic carbocycles. The van der Waals surface area contributed by atoms with Gasteiger partial charge in [-0.25, -0.2) is 4.79 Å². The van der Waals surface area contributed by atoms with Gasteiger partial charge in [0.25, 0.3) is 0 Å². The van der Waals surface area contributed by atoms with E-state index in [4.69, 9.17) is 4.74 Å². The molecule has 1 unspecified atom stereocenters. The molecule has 1 atom stereocenters. The fraction of sp³-hybridized carbons (Fsp3) is 0.923. The number of carbonyl (C=O) groups is 1. The van der Waals surface area contributed by atoms with Gasteiger partial charge in [-0.3, -0.25) is 0 Å². The number of alkyl carbamates (subject to hydrolysis) is 1. The van der Waals surface area contributed by atoms with Crippen LogP contribution in [-0.2, 0) is 4.74 Å². The highest BCUT2D eigenvalue weighted by atomic mass is 16.6. The Morgan fingerprint density at radius 2 is 1.69 bits per heavy atom. The van der Waals surface area contributed by atoms with Gasteiger partial charge in [-0.1, -0.05) is 27.7 Å². The number of hydrogen-bond acceptors (Lipinski definition) is 2. The smallest absolute Gasteiger partial charge is 0.407 e. The van der Waals surface area contributed by atoms with Crippen LogP contribution in [0, 0.1) is 11.3 Å². The van der Waals surface area contributed by atoms with Crippen molar-refractivity contribution >= 4 is 6.09 Å². The number of ether oxygens (including phenoxy) is 1. The van der Waals surface area contributed by atoms with Gasteiger partial charge >= 0.3 is 6.09 Å². The second-order valence-electron chi connectivity index (χ2n) is 6.75. The average molecular weight is 229 g/mol. The summed E-state index contributed by atoms with van der Waals surface area (Å²) in [5, 5.41) is 2.80. The van der Waals surface area contributed by atoms with Crippen LogP contribution in [0.15, 0.2) is 0 Å². The number of carbonyl (C=O) groups excluding carboxylic acids is 1. The number of amides is 1. The van der Waals surface area contributed by atoms with E-state index in [-0.39, 0.29) is 6.09 Å². The summed E-state index contributed by atoms with van der Waals surface area (Å²) in [6, 6.07) is 0. The SMILES string of the molecule is CC(CNC(=O)OC(C)(C)C)CC(C)(C)C. The molecule has 0 saturated heterocycles. The van der Waals surface area contributed by atoms with E-state index >= 15 is 0 Å². The van der Waals surface area contributed by atoms with Crippen LogP contribution < -0.4 is 5.32 Å². The molecule has 1 amide bonds. The molecule has 0 aliphatic rings. The standard InChI is InChI=1S/C13H27NO2/c1-10(8-12(2,3)4)9-14-11(15)16-13(5,6)7/h10H,8-9H2,1-7H3,(H,14,15). The topological polar surface area (TPSA) is 38.3 Å². The van der Waals surface area contributed by atoms with E-state index in [2.05, 4.69) is 33.0 Å². The van der Waals surface area contributed by atoms with Crippen molar-refractivity contribution in [2.75, 3.05) is 6.54 Å². The highest BCUT2D eigenvalue weighted by Gasteiger charge is 2.18. The van der Waals surface area contributed by atoms with Gasteiger partial charge in [0.05, 0.1) is 0 Å². The second kappa shape index (κ2) is 5.55. The molecule has 0 aromatic heterocycles. The first-order valence-electron chi connectivity index (χ1n) is 5.96. The van der Waals surface area contributed by atoms with E-state index < -0.39 is 5.60 Å². The van der Waals surface area contributed by atoms with E-state index in [0.29, 0.717) is 17.9 Å². The van der Waals surface area contributed by atoms with Crippen LogP contribution in [0.5, 0.6) is 0 Å². The Balaban J connectivity index is 3.85. The van der Waals surface area contributed by atoms with Crippen molar-refractivity contribution < 1.29 is 9.53 Å². The Hall–Kier alpha value is -0.730. The number of nitrogens with one attached hydrogen (secondary N) is 1. The second-order valence-corrected chi connectivity index (χ2v) is 6.75. The summed E-state index contributed by atoms with van der Waals surface area (Å²) in [7, 11) is 0. The lowest BCUT2D eigenvalue weighted by molar-refractivity contribution is 0.0516. The first-order chi connectivity index (χ1) is 6.99. The normalized spacial score (nSPS) is 14.4. The Kier molecular flexibility index (Phi) is 5.30. The number of hydrogen-bond donors (Lipinski definition) is 1. The van der Waals surface area contributed by atoms with Crippen LogP contribution in [0.25, 0.3) is 0 Å². The zero-order valence-corrected chi connectivity index (χ0v) is 11.8. The molecule has 0 rings (SSSR count). The molecule has 0 spiro atoms. The lowest BCUT2D eigenvalue weighted by Crippen LogP contribution is -2.35. The molecule has 16 heavy (non-hydrogen) atoms. The molecule has 3 nitrogen and oxygen atoms in total. The monoisotopic (exact) mass is 229 g/mol. The lowest BCUT2D eigenvalue weighted by Gasteiger charge is -2.24. The van der Waals surface area contributed by atoms with Crippen molar-refractivity contribution in [3.05, 3.63) is 0 Å². The van der Waals surface area contributed by atoms with Crippen molar-refractivity contribution in [1.82, 2.24) is 5.32 Å². The first kappa shape index (κ1) is 15.3. The van der Waals surface area contributed by atoms with E-state index in [0.717, 1.165) is 6.42 Å². The molecule has 1 N–H and O–H groups in total. The molecule has 0 aliphatic heterocycles. The predicted octanol–water partition coefficient (Wildman–Crippen LogP) is 3.58. The third kappa shape index (κ3) is 9.81. The van der Waals surface area contributed by atoms with Gasteiger partial charge in [0, 0.05) is 6.54 Å². The maximum Gasteiger partial charge on any atom is 0.407 e. The minimum Gasteiger partial charge on any atom is -0.444 e. The molecule has 0 saturated carbocycles. The zero-order valence-electron chi connectivity index (χ0n) is 11.8. The fourth-order valence-corrected chi connectivity index (χ4v) is 1.69. The van der Waals surface area contributed by atoms with Gasteiger partial charge in [-0.15, -0.1) is 0 Å². The highest BCUT2D eigenvalue weighted by molar-refractivity contribution is 5.67. The molecule has 0 aromatic rings. The van der Waals surface area contributed by atoms with Crippen molar-refractivity contribution in [2.24, 2.45) is 11.3 Å². The highest BCUT2D eigenvalue weighted by Crippen LogP contribution is 2.23. The Bertz CT molecular complexity index is 223. The third-order valence-electron chi connectivity index (χ3n) is 1.95. The van der Waals surface area contributed by atoms with Gasteiger partial charge in [0.1, 0.15) is 5.60 Å². The minimum atomic E-state index is -0.419. The molecule has 0 aliphatic carbocycles. The summed E-state index contributed by atoms with van der Waals surface area (Å²) in [6.45, 7) is 15.0. The third-order valence-corrected chi connectivity index (χ3v) is 1.95. The molecule has 0 radical (unpaired) electrons. The average Bonchev–Trinajstić information content (AvgIpc) is 1.94. The van der Waals surface area contributed by atoms with Crippen molar-refractivity contribution in [3.8, 4) is 0 Å². The van der Waals surface area contributed by atoms with E-state index in [9.17, 15) is 4.79 Å². The minimum absolute atomic E-state index is 0.301. The summed E-state index contributed by atoms with van der Waals surface area (Å²) in [6.07, 6.45) is 0.760. The quantitative estimate of drug-likeness (QED) is 0.803. The lowest BCUT2D eigenvalue weighted by atomic mass is 9.85. The van der Waals surface area contributed by atoms with Crippen molar-refractivity contribution in [1.29, 1.82) is 0 Å².